The van der Waals surface area contributed by atoms with Gasteiger partial charge in [-0.25, -0.2) is 15.0 Å². The summed E-state index contributed by atoms with van der Waals surface area (Å²) in [5.74, 6) is 1.93. The molecule has 11 aromatic rings. The Bertz CT molecular complexity index is 3250. The van der Waals surface area contributed by atoms with Crippen molar-refractivity contribution >= 4 is 43.6 Å². The minimum absolute atomic E-state index is 0.635. The summed E-state index contributed by atoms with van der Waals surface area (Å²) in [6.07, 6.45) is 0. The molecule has 0 atom stereocenters. The van der Waals surface area contributed by atoms with Crippen LogP contribution in [0.1, 0.15) is 0 Å². The molecule has 0 aliphatic carbocycles. The first kappa shape index (κ1) is 30.8. The Morgan fingerprint density at radius 3 is 1.36 bits per heavy atom. The number of nitrogens with zero attached hydrogens (tertiary/aromatic N) is 5. The van der Waals surface area contributed by atoms with Gasteiger partial charge in [-0.05, 0) is 59.7 Å². The van der Waals surface area contributed by atoms with Gasteiger partial charge >= 0.3 is 0 Å². The van der Waals surface area contributed by atoms with Gasteiger partial charge < -0.3 is 9.13 Å². The zero-order valence-corrected chi connectivity index (χ0v) is 30.1. The maximum absolute atomic E-state index is 5.10. The number of para-hydroxylation sites is 3. The predicted octanol–water partition coefficient (Wildman–Crippen LogP) is 12.7. The highest BCUT2D eigenvalue weighted by Crippen LogP contribution is 2.49. The van der Waals surface area contributed by atoms with Crippen LogP contribution in [0.25, 0.3) is 111 Å². The summed E-state index contributed by atoms with van der Waals surface area (Å²) in [6.45, 7) is 0. The number of rotatable bonds is 4. The van der Waals surface area contributed by atoms with Crippen LogP contribution in [0.2, 0.25) is 0 Å². The van der Waals surface area contributed by atoms with Crippen molar-refractivity contribution in [1.29, 1.82) is 0 Å². The molecule has 4 heterocycles. The Morgan fingerprint density at radius 2 is 0.768 bits per heavy atom. The van der Waals surface area contributed by atoms with Gasteiger partial charge in [0.05, 0.1) is 27.8 Å². The molecule has 0 saturated carbocycles. The summed E-state index contributed by atoms with van der Waals surface area (Å²) < 4.78 is 4.90. The maximum Gasteiger partial charge on any atom is 0.164 e. The van der Waals surface area contributed by atoms with E-state index < -0.39 is 0 Å². The van der Waals surface area contributed by atoms with Gasteiger partial charge in [0.1, 0.15) is 0 Å². The first-order valence-corrected chi connectivity index (χ1v) is 19.0. The van der Waals surface area contributed by atoms with E-state index in [2.05, 4.69) is 137 Å². The number of fused-ring (bicyclic) bond motifs is 11. The normalized spacial score (nSPS) is 11.9. The van der Waals surface area contributed by atoms with Crippen molar-refractivity contribution in [2.75, 3.05) is 0 Å². The fourth-order valence-corrected chi connectivity index (χ4v) is 8.84. The third kappa shape index (κ3) is 4.52. The summed E-state index contributed by atoms with van der Waals surface area (Å²) in [6, 6.07) is 66.9. The van der Waals surface area contributed by atoms with Crippen LogP contribution in [0.3, 0.4) is 0 Å². The molecule has 0 radical (unpaired) electrons. The molecule has 0 spiro atoms. The smallest absolute Gasteiger partial charge is 0.164 e. The second-order valence-electron chi connectivity index (χ2n) is 14.4. The fraction of sp³-hybridized carbons (Fsp3) is 0. The zero-order valence-electron chi connectivity index (χ0n) is 30.1. The summed E-state index contributed by atoms with van der Waals surface area (Å²) in [5, 5.41) is 4.94. The van der Waals surface area contributed by atoms with Crippen LogP contribution in [0.4, 0.5) is 0 Å². The molecule has 0 fully saturated rings. The van der Waals surface area contributed by atoms with Gasteiger partial charge in [-0.2, -0.15) is 0 Å². The number of hydrogen-bond donors (Lipinski definition) is 0. The predicted molar refractivity (Wildman–Crippen MR) is 229 cm³/mol. The zero-order chi connectivity index (χ0) is 36.7. The Kier molecular flexibility index (Phi) is 6.56. The van der Waals surface area contributed by atoms with Gasteiger partial charge in [0.2, 0.25) is 0 Å². The summed E-state index contributed by atoms with van der Waals surface area (Å²) in [5.41, 5.74) is 14.5. The minimum atomic E-state index is 0.635. The standard InChI is InChI=1S/C51H31N5/c1-3-15-32(16-4-1)49-52-50(33-17-5-2-6-18-33)54-51(53-49)34-27-28-47-41(29-34)36-19-7-8-20-37(36)42-30-35(31-43-40-23-11-14-26-46(40)56(47)48(42)43)55-44-24-12-9-21-38(44)39-22-10-13-25-45(39)55/h1-31H. The van der Waals surface area contributed by atoms with E-state index in [9.17, 15) is 0 Å². The van der Waals surface area contributed by atoms with Crippen LogP contribution < -0.4 is 0 Å². The Morgan fingerprint density at radius 1 is 0.304 bits per heavy atom. The SMILES string of the molecule is c1ccc(-c2nc(-c3ccccc3)nc(-c3ccc4c(c3)-c3ccccc3-c3cc(-n5c6ccccc6c6ccccc65)cc5c6ccccc6n-4c35)n2)cc1. The Labute approximate surface area is 322 Å². The van der Waals surface area contributed by atoms with Crippen LogP contribution in [0.5, 0.6) is 0 Å². The third-order valence-corrected chi connectivity index (χ3v) is 11.3. The number of benzene rings is 8. The molecule has 1 aliphatic heterocycles. The highest BCUT2D eigenvalue weighted by molar-refractivity contribution is 6.18. The van der Waals surface area contributed by atoms with Crippen molar-refractivity contribution in [2.45, 2.75) is 0 Å². The van der Waals surface area contributed by atoms with Crippen LogP contribution in [-0.4, -0.2) is 24.1 Å². The topological polar surface area (TPSA) is 48.5 Å². The minimum Gasteiger partial charge on any atom is -0.309 e. The molecule has 56 heavy (non-hydrogen) atoms. The van der Waals surface area contributed by atoms with Crippen LogP contribution >= 0.6 is 0 Å². The lowest BCUT2D eigenvalue weighted by Crippen LogP contribution is -2.01. The van der Waals surface area contributed by atoms with Crippen molar-refractivity contribution in [2.24, 2.45) is 0 Å². The molecule has 260 valence electrons. The van der Waals surface area contributed by atoms with E-state index in [0.29, 0.717) is 17.5 Å². The van der Waals surface area contributed by atoms with Gasteiger partial charge in [-0.3, -0.25) is 0 Å². The molecule has 1 aliphatic rings. The maximum atomic E-state index is 5.10. The van der Waals surface area contributed by atoms with Crippen LogP contribution in [0, 0.1) is 0 Å². The molecule has 0 N–H and O–H groups in total. The molecule has 5 heteroatoms. The Hall–Kier alpha value is -7.63. The average molecular weight is 714 g/mol. The van der Waals surface area contributed by atoms with Gasteiger partial charge in [0.15, 0.2) is 17.5 Å². The lowest BCUT2D eigenvalue weighted by Gasteiger charge is -2.15. The van der Waals surface area contributed by atoms with Gasteiger partial charge in [-0.1, -0.05) is 140 Å². The van der Waals surface area contributed by atoms with E-state index in [-0.39, 0.29) is 0 Å². The van der Waals surface area contributed by atoms with E-state index in [0.717, 1.165) is 33.6 Å². The monoisotopic (exact) mass is 713 g/mol. The van der Waals surface area contributed by atoms with Crippen molar-refractivity contribution < 1.29 is 0 Å². The third-order valence-electron chi connectivity index (χ3n) is 11.3. The molecule has 3 aromatic heterocycles. The second kappa shape index (κ2) is 11.9. The summed E-state index contributed by atoms with van der Waals surface area (Å²) in [7, 11) is 0. The van der Waals surface area contributed by atoms with Crippen molar-refractivity contribution in [1.82, 2.24) is 24.1 Å². The summed E-state index contributed by atoms with van der Waals surface area (Å²) >= 11 is 0. The molecular formula is C51H31N5. The Balaban J connectivity index is 1.14. The lowest BCUT2D eigenvalue weighted by molar-refractivity contribution is 1.07. The number of hydrogen-bond acceptors (Lipinski definition) is 3. The van der Waals surface area contributed by atoms with Crippen LogP contribution in [-0.2, 0) is 0 Å². The number of aromatic nitrogens is 5. The largest absolute Gasteiger partial charge is 0.309 e. The summed E-state index contributed by atoms with van der Waals surface area (Å²) in [4.78, 5) is 15.2. The first-order valence-electron chi connectivity index (χ1n) is 19.0. The second-order valence-corrected chi connectivity index (χ2v) is 14.4. The fourth-order valence-electron chi connectivity index (χ4n) is 8.84. The van der Waals surface area contributed by atoms with E-state index in [1.165, 1.54) is 60.3 Å². The van der Waals surface area contributed by atoms with E-state index in [4.69, 9.17) is 15.0 Å². The van der Waals surface area contributed by atoms with E-state index in [1.807, 2.05) is 60.7 Å². The van der Waals surface area contributed by atoms with E-state index >= 15 is 0 Å². The van der Waals surface area contributed by atoms with Crippen molar-refractivity contribution in [3.8, 4) is 67.8 Å². The highest BCUT2D eigenvalue weighted by atomic mass is 15.0. The van der Waals surface area contributed by atoms with Gasteiger partial charge in [0, 0.05) is 55.0 Å². The first-order chi connectivity index (χ1) is 27.8. The van der Waals surface area contributed by atoms with Crippen LogP contribution in [0.15, 0.2) is 188 Å². The molecule has 12 rings (SSSR count). The molecule has 0 bridgehead atoms. The lowest BCUT2D eigenvalue weighted by atomic mass is 9.92. The molecule has 0 amide bonds. The molecule has 0 unspecified atom stereocenters. The van der Waals surface area contributed by atoms with Gasteiger partial charge in [0.25, 0.3) is 0 Å². The quantitative estimate of drug-likeness (QED) is 0.182. The molecular weight excluding hydrogens is 683 g/mol. The highest BCUT2D eigenvalue weighted by Gasteiger charge is 2.27. The van der Waals surface area contributed by atoms with Crippen molar-refractivity contribution in [3.63, 3.8) is 0 Å². The van der Waals surface area contributed by atoms with E-state index in [1.54, 1.807) is 0 Å². The van der Waals surface area contributed by atoms with Crippen molar-refractivity contribution in [3.05, 3.63) is 188 Å². The molecule has 8 aromatic carbocycles. The average Bonchev–Trinajstić information content (AvgIpc) is 3.75. The molecule has 5 nitrogen and oxygen atoms in total. The van der Waals surface area contributed by atoms with Gasteiger partial charge in [-0.15, -0.1) is 0 Å². The molecule has 0 saturated heterocycles.